The molecule has 0 rings (SSSR count). The summed E-state index contributed by atoms with van der Waals surface area (Å²) in [6.07, 6.45) is -0.456. The lowest BCUT2D eigenvalue weighted by Crippen LogP contribution is -2.39. The van der Waals surface area contributed by atoms with E-state index in [4.69, 9.17) is 14.6 Å². The molecule has 5 heteroatoms. The van der Waals surface area contributed by atoms with Gasteiger partial charge in [-0.2, -0.15) is 0 Å². The minimum atomic E-state index is -0.490. The molecule has 2 N–H and O–H groups in total. The molecule has 15 heavy (non-hydrogen) atoms. The average molecular weight is 219 g/mol. The number of alkyl carbamates (subject to hydrolysis) is 1. The topological polar surface area (TPSA) is 67.8 Å². The van der Waals surface area contributed by atoms with Gasteiger partial charge in [-0.25, -0.2) is 4.79 Å². The molecule has 90 valence electrons. The van der Waals surface area contributed by atoms with Crippen molar-refractivity contribution in [3.05, 3.63) is 0 Å². The molecule has 1 amide bonds. The molecule has 5 nitrogen and oxygen atoms in total. The Labute approximate surface area is 90.8 Å². The first-order valence-corrected chi connectivity index (χ1v) is 5.03. The summed E-state index contributed by atoms with van der Waals surface area (Å²) in [5, 5.41) is 11.1. The quantitative estimate of drug-likeness (QED) is 0.674. The third kappa shape index (κ3) is 9.49. The Morgan fingerprint density at radius 3 is 2.53 bits per heavy atom. The fourth-order valence-corrected chi connectivity index (χ4v) is 0.875. The van der Waals surface area contributed by atoms with Gasteiger partial charge in [-0.15, -0.1) is 0 Å². The van der Waals surface area contributed by atoms with Crippen LogP contribution in [0.25, 0.3) is 0 Å². The van der Waals surface area contributed by atoms with Crippen molar-refractivity contribution in [1.82, 2.24) is 5.32 Å². The van der Waals surface area contributed by atoms with Gasteiger partial charge in [0.1, 0.15) is 5.60 Å². The van der Waals surface area contributed by atoms with E-state index in [0.717, 1.165) is 0 Å². The van der Waals surface area contributed by atoms with Gasteiger partial charge < -0.3 is 19.9 Å². The maximum absolute atomic E-state index is 11.3. The van der Waals surface area contributed by atoms with Gasteiger partial charge in [0.2, 0.25) is 0 Å². The summed E-state index contributed by atoms with van der Waals surface area (Å²) in [5.41, 5.74) is -0.490. The van der Waals surface area contributed by atoms with Crippen LogP contribution in [-0.4, -0.2) is 42.7 Å². The second-order valence-electron chi connectivity index (χ2n) is 4.35. The number of aliphatic hydroxyl groups is 1. The highest BCUT2D eigenvalue weighted by atomic mass is 16.6. The van der Waals surface area contributed by atoms with E-state index < -0.39 is 11.7 Å². The van der Waals surface area contributed by atoms with Gasteiger partial charge in [0.15, 0.2) is 0 Å². The van der Waals surface area contributed by atoms with E-state index in [0.29, 0.717) is 6.61 Å². The predicted molar refractivity (Wildman–Crippen MR) is 56.7 cm³/mol. The van der Waals surface area contributed by atoms with Crippen LogP contribution in [0.4, 0.5) is 4.79 Å². The number of carbonyl (C=O) groups excluding carboxylic acids is 1. The average Bonchev–Trinajstić information content (AvgIpc) is 2.00. The zero-order valence-electron chi connectivity index (χ0n) is 9.87. The minimum Gasteiger partial charge on any atom is -0.444 e. The molecule has 0 aromatic heterocycles. The number of rotatable bonds is 5. The molecular weight excluding hydrogens is 198 g/mol. The molecular formula is C10H21NO4. The van der Waals surface area contributed by atoms with Crippen molar-refractivity contribution in [2.24, 2.45) is 0 Å². The van der Waals surface area contributed by atoms with Crippen molar-refractivity contribution in [3.63, 3.8) is 0 Å². The van der Waals surface area contributed by atoms with Crippen molar-refractivity contribution >= 4 is 6.09 Å². The monoisotopic (exact) mass is 219 g/mol. The van der Waals surface area contributed by atoms with Gasteiger partial charge in [-0.1, -0.05) is 0 Å². The fourth-order valence-electron chi connectivity index (χ4n) is 0.875. The summed E-state index contributed by atoms with van der Waals surface area (Å²) in [6.45, 7) is 7.85. The maximum atomic E-state index is 11.3. The van der Waals surface area contributed by atoms with Crippen LogP contribution < -0.4 is 5.32 Å². The molecule has 0 aromatic rings. The zero-order chi connectivity index (χ0) is 11.9. The number of aliphatic hydroxyl groups excluding tert-OH is 1. The Morgan fingerprint density at radius 1 is 1.47 bits per heavy atom. The van der Waals surface area contributed by atoms with Crippen LogP contribution in [0.1, 0.15) is 27.7 Å². The van der Waals surface area contributed by atoms with Gasteiger partial charge in [0.25, 0.3) is 0 Å². The number of hydrogen-bond donors (Lipinski definition) is 2. The molecule has 0 saturated heterocycles. The van der Waals surface area contributed by atoms with Crippen LogP contribution >= 0.6 is 0 Å². The van der Waals surface area contributed by atoms with E-state index in [1.807, 2.05) is 0 Å². The van der Waals surface area contributed by atoms with Gasteiger partial charge in [-0.3, -0.25) is 0 Å². The lowest BCUT2D eigenvalue weighted by atomic mass is 10.2. The van der Waals surface area contributed by atoms with Crippen LogP contribution in [0, 0.1) is 0 Å². The van der Waals surface area contributed by atoms with Crippen LogP contribution in [0.15, 0.2) is 0 Å². The molecule has 0 heterocycles. The van der Waals surface area contributed by atoms with Crippen LogP contribution in [0.2, 0.25) is 0 Å². The Hall–Kier alpha value is -0.810. The molecule has 0 aliphatic carbocycles. The second-order valence-corrected chi connectivity index (χ2v) is 4.35. The lowest BCUT2D eigenvalue weighted by Gasteiger charge is -2.21. The first kappa shape index (κ1) is 14.2. The number of carbonyl (C=O) groups is 1. The Kier molecular flexibility index (Phi) is 6.27. The third-order valence-electron chi connectivity index (χ3n) is 1.37. The summed E-state index contributed by atoms with van der Waals surface area (Å²) in [6, 6.07) is -0.133. The number of hydrogen-bond acceptors (Lipinski definition) is 4. The molecule has 0 radical (unpaired) electrons. The van der Waals surface area contributed by atoms with E-state index in [1.165, 1.54) is 0 Å². The van der Waals surface area contributed by atoms with E-state index in [9.17, 15) is 4.79 Å². The van der Waals surface area contributed by atoms with Crippen molar-refractivity contribution in [1.29, 1.82) is 0 Å². The molecule has 0 aliphatic heterocycles. The predicted octanol–water partition coefficient (Wildman–Crippen LogP) is 0.908. The van der Waals surface area contributed by atoms with Crippen LogP contribution in [-0.2, 0) is 9.47 Å². The summed E-state index contributed by atoms with van der Waals surface area (Å²) < 4.78 is 10.1. The summed E-state index contributed by atoms with van der Waals surface area (Å²) in [7, 11) is 0. The van der Waals surface area contributed by atoms with Crippen molar-refractivity contribution in [2.45, 2.75) is 39.3 Å². The number of nitrogens with one attached hydrogen (secondary N) is 1. The van der Waals surface area contributed by atoms with E-state index >= 15 is 0 Å². The molecule has 0 bridgehead atoms. The van der Waals surface area contributed by atoms with E-state index in [-0.39, 0.29) is 19.3 Å². The van der Waals surface area contributed by atoms with Gasteiger partial charge >= 0.3 is 6.09 Å². The molecule has 0 aromatic carbocycles. The summed E-state index contributed by atoms with van der Waals surface area (Å²) in [5.74, 6) is 0. The highest BCUT2D eigenvalue weighted by Gasteiger charge is 2.17. The number of ether oxygens (including phenoxy) is 2. The smallest absolute Gasteiger partial charge is 0.407 e. The SMILES string of the molecule is C[C@H](COCCO)NC(=O)OC(C)(C)C. The first-order chi connectivity index (χ1) is 6.85. The van der Waals surface area contributed by atoms with Crippen molar-refractivity contribution in [3.8, 4) is 0 Å². The lowest BCUT2D eigenvalue weighted by molar-refractivity contribution is 0.0425. The molecule has 1 atom stereocenters. The third-order valence-corrected chi connectivity index (χ3v) is 1.37. The van der Waals surface area contributed by atoms with Gasteiger partial charge in [-0.05, 0) is 27.7 Å². The minimum absolute atomic E-state index is 0.0147. The van der Waals surface area contributed by atoms with Crippen molar-refractivity contribution in [2.75, 3.05) is 19.8 Å². The molecule has 0 spiro atoms. The highest BCUT2D eigenvalue weighted by molar-refractivity contribution is 5.68. The Balaban J connectivity index is 3.67. The first-order valence-electron chi connectivity index (χ1n) is 5.03. The van der Waals surface area contributed by atoms with Crippen LogP contribution in [0.5, 0.6) is 0 Å². The second kappa shape index (κ2) is 6.63. The van der Waals surface area contributed by atoms with Crippen molar-refractivity contribution < 1.29 is 19.4 Å². The summed E-state index contributed by atoms with van der Waals surface area (Å²) >= 11 is 0. The van der Waals surface area contributed by atoms with Crippen LogP contribution in [0.3, 0.4) is 0 Å². The molecule has 0 fully saturated rings. The molecule has 0 saturated carbocycles. The van der Waals surface area contributed by atoms with Gasteiger partial charge in [0, 0.05) is 0 Å². The number of amides is 1. The normalized spacial score (nSPS) is 13.4. The Bertz CT molecular complexity index is 188. The van der Waals surface area contributed by atoms with Gasteiger partial charge in [0.05, 0.1) is 25.9 Å². The fraction of sp³-hybridized carbons (Fsp3) is 0.900. The maximum Gasteiger partial charge on any atom is 0.407 e. The summed E-state index contributed by atoms with van der Waals surface area (Å²) in [4.78, 5) is 11.3. The van der Waals surface area contributed by atoms with E-state index in [1.54, 1.807) is 27.7 Å². The molecule has 0 unspecified atom stereocenters. The van der Waals surface area contributed by atoms with E-state index in [2.05, 4.69) is 5.32 Å². The standard InChI is InChI=1S/C10H21NO4/c1-8(7-14-6-5-12)11-9(13)15-10(2,3)4/h8,12H,5-7H2,1-4H3,(H,11,13)/t8-/m1/s1. The Morgan fingerprint density at radius 2 is 2.07 bits per heavy atom. The highest BCUT2D eigenvalue weighted by Crippen LogP contribution is 2.06. The molecule has 0 aliphatic rings. The largest absolute Gasteiger partial charge is 0.444 e. The zero-order valence-corrected chi connectivity index (χ0v) is 9.87.